The maximum atomic E-state index is 11.5. The number of fused-ring (bicyclic) bond motifs is 1. The van der Waals surface area contributed by atoms with Gasteiger partial charge in [-0.15, -0.1) is 0 Å². The first-order chi connectivity index (χ1) is 8.02. The smallest absolute Gasteiger partial charge is 0.151 e. The van der Waals surface area contributed by atoms with Crippen LogP contribution in [-0.4, -0.2) is 41.6 Å². The average molecular weight is 257 g/mol. The van der Waals surface area contributed by atoms with Crippen LogP contribution in [0.5, 0.6) is 0 Å². The van der Waals surface area contributed by atoms with Gasteiger partial charge in [0.15, 0.2) is 9.84 Å². The van der Waals surface area contributed by atoms with Crippen LogP contribution in [0.25, 0.3) is 0 Å². The highest BCUT2D eigenvalue weighted by Crippen LogP contribution is 2.20. The Kier molecular flexibility index (Phi) is 3.30. The zero-order chi connectivity index (χ0) is 12.5. The SMILES string of the molecule is Nc1nc(CCO)nc2c1CCS(=O)(=O)CC2. The number of rotatable bonds is 2. The van der Waals surface area contributed by atoms with Crippen LogP contribution in [0.15, 0.2) is 0 Å². The van der Waals surface area contributed by atoms with Crippen LogP contribution in [0.3, 0.4) is 0 Å². The fourth-order valence-corrected chi connectivity index (χ4v) is 3.13. The number of nitrogens with two attached hydrogens (primary N) is 1. The molecule has 0 fully saturated rings. The zero-order valence-corrected chi connectivity index (χ0v) is 10.2. The van der Waals surface area contributed by atoms with Gasteiger partial charge in [0, 0.05) is 18.4 Å². The number of sulfone groups is 1. The standard InChI is InChI=1S/C10H15N3O3S/c11-10-7-2-5-17(15,16)6-3-8(7)12-9(13-10)1-4-14/h14H,1-6H2,(H2,11,12,13). The van der Waals surface area contributed by atoms with Crippen molar-refractivity contribution in [2.75, 3.05) is 23.8 Å². The van der Waals surface area contributed by atoms with E-state index in [0.29, 0.717) is 36.6 Å². The van der Waals surface area contributed by atoms with Crippen molar-refractivity contribution in [3.05, 3.63) is 17.1 Å². The summed E-state index contributed by atoms with van der Waals surface area (Å²) in [6, 6.07) is 0. The topological polar surface area (TPSA) is 106 Å². The fourth-order valence-electron chi connectivity index (χ4n) is 1.91. The Labute approximate surface area is 99.8 Å². The molecule has 0 amide bonds. The van der Waals surface area contributed by atoms with Gasteiger partial charge in [-0.25, -0.2) is 18.4 Å². The highest BCUT2D eigenvalue weighted by atomic mass is 32.2. The molecule has 94 valence electrons. The van der Waals surface area contributed by atoms with E-state index in [0.717, 1.165) is 5.56 Å². The quantitative estimate of drug-likeness (QED) is 0.711. The molecule has 0 bridgehead atoms. The van der Waals surface area contributed by atoms with Crippen LogP contribution in [0.2, 0.25) is 0 Å². The summed E-state index contributed by atoms with van der Waals surface area (Å²) in [4.78, 5) is 8.35. The van der Waals surface area contributed by atoms with Gasteiger partial charge in [0.05, 0.1) is 23.8 Å². The number of aliphatic hydroxyl groups excluding tert-OH is 1. The van der Waals surface area contributed by atoms with Crippen molar-refractivity contribution in [2.24, 2.45) is 0 Å². The Balaban J connectivity index is 2.39. The van der Waals surface area contributed by atoms with Crippen LogP contribution < -0.4 is 5.73 Å². The summed E-state index contributed by atoms with van der Waals surface area (Å²) in [5.74, 6) is 1.03. The number of nitrogens with zero attached hydrogens (tertiary/aromatic N) is 2. The second-order valence-corrected chi connectivity index (χ2v) is 6.38. The van der Waals surface area contributed by atoms with Gasteiger partial charge in [-0.3, -0.25) is 0 Å². The van der Waals surface area contributed by atoms with Gasteiger partial charge in [-0.05, 0) is 6.42 Å². The molecule has 0 aromatic carbocycles. The van der Waals surface area contributed by atoms with Gasteiger partial charge < -0.3 is 10.8 Å². The van der Waals surface area contributed by atoms with Crippen molar-refractivity contribution in [3.8, 4) is 0 Å². The number of aromatic nitrogens is 2. The lowest BCUT2D eigenvalue weighted by atomic mass is 10.1. The summed E-state index contributed by atoms with van der Waals surface area (Å²) in [5, 5.41) is 8.84. The van der Waals surface area contributed by atoms with Crippen LogP contribution >= 0.6 is 0 Å². The molecule has 0 radical (unpaired) electrons. The van der Waals surface area contributed by atoms with E-state index >= 15 is 0 Å². The first kappa shape index (κ1) is 12.3. The van der Waals surface area contributed by atoms with E-state index in [2.05, 4.69) is 9.97 Å². The first-order valence-corrected chi connectivity index (χ1v) is 7.29. The molecule has 0 spiro atoms. The van der Waals surface area contributed by atoms with Gasteiger partial charge in [0.25, 0.3) is 0 Å². The molecule has 2 heterocycles. The van der Waals surface area contributed by atoms with Gasteiger partial charge >= 0.3 is 0 Å². The van der Waals surface area contributed by atoms with Crippen molar-refractivity contribution in [1.82, 2.24) is 9.97 Å². The molecule has 2 rings (SSSR count). The maximum absolute atomic E-state index is 11.5. The number of aryl methyl sites for hydroxylation is 1. The molecule has 7 heteroatoms. The second-order valence-electron chi connectivity index (χ2n) is 4.08. The number of hydrogen-bond acceptors (Lipinski definition) is 6. The number of aliphatic hydroxyl groups is 1. The predicted molar refractivity (Wildman–Crippen MR) is 63.3 cm³/mol. The number of anilines is 1. The fraction of sp³-hybridized carbons (Fsp3) is 0.600. The van der Waals surface area contributed by atoms with Crippen LogP contribution in [0.1, 0.15) is 17.1 Å². The third-order valence-corrected chi connectivity index (χ3v) is 4.47. The molecule has 6 nitrogen and oxygen atoms in total. The minimum Gasteiger partial charge on any atom is -0.396 e. The summed E-state index contributed by atoms with van der Waals surface area (Å²) < 4.78 is 23.1. The molecule has 0 saturated heterocycles. The maximum Gasteiger partial charge on any atom is 0.151 e. The van der Waals surface area contributed by atoms with Crippen LogP contribution in [0, 0.1) is 0 Å². The molecule has 1 aromatic heterocycles. The van der Waals surface area contributed by atoms with E-state index in [1.165, 1.54) is 0 Å². The normalized spacial score (nSPS) is 18.4. The first-order valence-electron chi connectivity index (χ1n) is 5.47. The van der Waals surface area contributed by atoms with Crippen molar-refractivity contribution in [3.63, 3.8) is 0 Å². The van der Waals surface area contributed by atoms with E-state index in [-0.39, 0.29) is 18.1 Å². The van der Waals surface area contributed by atoms with E-state index < -0.39 is 9.84 Å². The van der Waals surface area contributed by atoms with Crippen LogP contribution in [0.4, 0.5) is 5.82 Å². The minimum absolute atomic E-state index is 0.0451. The summed E-state index contributed by atoms with van der Waals surface area (Å²) in [6.45, 7) is -0.0451. The molecular formula is C10H15N3O3S. The minimum atomic E-state index is -3.00. The summed E-state index contributed by atoms with van der Waals surface area (Å²) in [5.41, 5.74) is 7.26. The Morgan fingerprint density at radius 3 is 2.65 bits per heavy atom. The van der Waals surface area contributed by atoms with Gasteiger partial charge in [-0.2, -0.15) is 0 Å². The second kappa shape index (κ2) is 4.58. The average Bonchev–Trinajstić information content (AvgIpc) is 2.39. The molecule has 0 aliphatic carbocycles. The lowest BCUT2D eigenvalue weighted by Gasteiger charge is -2.08. The van der Waals surface area contributed by atoms with E-state index in [9.17, 15) is 8.42 Å². The lowest BCUT2D eigenvalue weighted by molar-refractivity contribution is 0.296. The highest BCUT2D eigenvalue weighted by molar-refractivity contribution is 7.91. The van der Waals surface area contributed by atoms with E-state index in [1.54, 1.807) is 0 Å². The van der Waals surface area contributed by atoms with Crippen molar-refractivity contribution in [1.29, 1.82) is 0 Å². The Bertz CT molecular complexity index is 528. The van der Waals surface area contributed by atoms with Crippen molar-refractivity contribution >= 4 is 15.7 Å². The van der Waals surface area contributed by atoms with Crippen molar-refractivity contribution in [2.45, 2.75) is 19.3 Å². The molecule has 3 N–H and O–H groups in total. The molecule has 1 aromatic rings. The molecule has 0 saturated carbocycles. The Morgan fingerprint density at radius 1 is 1.24 bits per heavy atom. The third-order valence-electron chi connectivity index (χ3n) is 2.82. The third kappa shape index (κ3) is 2.73. The van der Waals surface area contributed by atoms with E-state index in [1.807, 2.05) is 0 Å². The molecular weight excluding hydrogens is 242 g/mol. The Hall–Kier alpha value is -1.21. The summed E-state index contributed by atoms with van der Waals surface area (Å²) in [7, 11) is -3.00. The Morgan fingerprint density at radius 2 is 1.94 bits per heavy atom. The number of hydrogen-bond donors (Lipinski definition) is 2. The molecule has 1 aliphatic rings. The monoisotopic (exact) mass is 257 g/mol. The highest BCUT2D eigenvalue weighted by Gasteiger charge is 2.22. The molecule has 1 aliphatic heterocycles. The summed E-state index contributed by atoms with van der Waals surface area (Å²) >= 11 is 0. The lowest BCUT2D eigenvalue weighted by Crippen LogP contribution is -2.10. The van der Waals surface area contributed by atoms with Gasteiger partial charge in [0.1, 0.15) is 11.6 Å². The number of nitrogen functional groups attached to an aromatic ring is 1. The summed E-state index contributed by atoms with van der Waals surface area (Å²) in [6.07, 6.45) is 1.09. The largest absolute Gasteiger partial charge is 0.396 e. The molecule has 17 heavy (non-hydrogen) atoms. The van der Waals surface area contributed by atoms with E-state index in [4.69, 9.17) is 10.8 Å². The molecule has 0 unspecified atom stereocenters. The van der Waals surface area contributed by atoms with Crippen molar-refractivity contribution < 1.29 is 13.5 Å². The zero-order valence-electron chi connectivity index (χ0n) is 9.39. The van der Waals surface area contributed by atoms with Gasteiger partial charge in [0.2, 0.25) is 0 Å². The predicted octanol–water partition coefficient (Wildman–Crippen LogP) is -0.893. The van der Waals surface area contributed by atoms with Gasteiger partial charge in [-0.1, -0.05) is 0 Å². The molecule has 0 atom stereocenters. The van der Waals surface area contributed by atoms with Crippen LogP contribution in [-0.2, 0) is 29.1 Å².